The Morgan fingerprint density at radius 1 is 1.18 bits per heavy atom. The predicted molar refractivity (Wildman–Crippen MR) is 67.7 cm³/mol. The molecule has 1 N–H and O–H groups in total. The summed E-state index contributed by atoms with van der Waals surface area (Å²) >= 11 is 0. The number of fused-ring (bicyclic) bond motifs is 1. The molecule has 84 valence electrons. The Morgan fingerprint density at radius 2 is 2.00 bits per heavy atom. The van der Waals surface area contributed by atoms with Crippen LogP contribution in [0.15, 0.2) is 24.3 Å². The first-order valence-electron chi connectivity index (χ1n) is 6.00. The number of benzene rings is 1. The van der Waals surface area contributed by atoms with Crippen LogP contribution in [-0.2, 0) is 12.8 Å². The lowest BCUT2D eigenvalue weighted by molar-refractivity contribution is 0.912. The first-order valence-corrected chi connectivity index (χ1v) is 6.00. The molecule has 0 radical (unpaired) electrons. The van der Waals surface area contributed by atoms with Gasteiger partial charge in [0.1, 0.15) is 6.07 Å². The fourth-order valence-electron chi connectivity index (χ4n) is 2.57. The fraction of sp³-hybridized carbons (Fsp3) is 0.267. The molecule has 1 heterocycles. The Bertz CT molecular complexity index is 614. The van der Waals surface area contributed by atoms with Crippen LogP contribution in [-0.4, -0.2) is 4.98 Å². The SMILES string of the molecule is Cc1[nH]c(-c2ccc3c(c2)CCC3)cc1C#N. The van der Waals surface area contributed by atoms with E-state index in [1.807, 2.05) is 13.0 Å². The van der Waals surface area contributed by atoms with Crippen molar-refractivity contribution in [3.63, 3.8) is 0 Å². The van der Waals surface area contributed by atoms with E-state index in [0.29, 0.717) is 0 Å². The number of nitriles is 1. The first kappa shape index (κ1) is 10.2. The van der Waals surface area contributed by atoms with E-state index in [0.717, 1.165) is 17.0 Å². The molecule has 0 amide bonds. The zero-order valence-electron chi connectivity index (χ0n) is 9.88. The highest BCUT2D eigenvalue weighted by Crippen LogP contribution is 2.28. The van der Waals surface area contributed by atoms with Crippen molar-refractivity contribution in [1.82, 2.24) is 4.98 Å². The van der Waals surface area contributed by atoms with Gasteiger partial charge < -0.3 is 4.98 Å². The molecule has 0 aliphatic heterocycles. The maximum atomic E-state index is 8.96. The van der Waals surface area contributed by atoms with Gasteiger partial charge in [-0.05, 0) is 55.0 Å². The van der Waals surface area contributed by atoms with E-state index in [2.05, 4.69) is 29.3 Å². The van der Waals surface area contributed by atoms with Crippen LogP contribution in [0.2, 0.25) is 0 Å². The summed E-state index contributed by atoms with van der Waals surface area (Å²) in [5, 5.41) is 8.96. The fourth-order valence-corrected chi connectivity index (χ4v) is 2.57. The molecular formula is C15H14N2. The zero-order chi connectivity index (χ0) is 11.8. The highest BCUT2D eigenvalue weighted by atomic mass is 14.7. The number of H-pyrrole nitrogens is 1. The number of rotatable bonds is 1. The minimum atomic E-state index is 0.737. The van der Waals surface area contributed by atoms with Crippen molar-refractivity contribution in [2.45, 2.75) is 26.2 Å². The molecule has 1 aliphatic rings. The van der Waals surface area contributed by atoms with Crippen molar-refractivity contribution in [3.8, 4) is 17.3 Å². The van der Waals surface area contributed by atoms with Gasteiger partial charge in [-0.15, -0.1) is 0 Å². The smallest absolute Gasteiger partial charge is 0.101 e. The van der Waals surface area contributed by atoms with E-state index < -0.39 is 0 Å². The quantitative estimate of drug-likeness (QED) is 0.789. The van der Waals surface area contributed by atoms with E-state index >= 15 is 0 Å². The summed E-state index contributed by atoms with van der Waals surface area (Å²) in [4.78, 5) is 3.28. The first-order chi connectivity index (χ1) is 8.28. The second-order valence-corrected chi connectivity index (χ2v) is 4.67. The molecule has 0 fully saturated rings. The summed E-state index contributed by atoms with van der Waals surface area (Å²) < 4.78 is 0. The lowest BCUT2D eigenvalue weighted by atomic mass is 10.0. The molecule has 1 aromatic carbocycles. The number of nitrogens with zero attached hydrogens (tertiary/aromatic N) is 1. The Morgan fingerprint density at radius 3 is 2.76 bits per heavy atom. The van der Waals surface area contributed by atoms with Crippen LogP contribution in [0.1, 0.15) is 28.8 Å². The van der Waals surface area contributed by atoms with Crippen LogP contribution >= 0.6 is 0 Å². The minimum Gasteiger partial charge on any atom is -0.358 e. The molecule has 1 aliphatic carbocycles. The van der Waals surface area contributed by atoms with Crippen molar-refractivity contribution < 1.29 is 0 Å². The second kappa shape index (κ2) is 3.78. The molecule has 3 rings (SSSR count). The van der Waals surface area contributed by atoms with Crippen LogP contribution in [0, 0.1) is 18.3 Å². The van der Waals surface area contributed by atoms with Gasteiger partial charge in [0.15, 0.2) is 0 Å². The van der Waals surface area contributed by atoms with Crippen molar-refractivity contribution in [1.29, 1.82) is 5.26 Å². The van der Waals surface area contributed by atoms with Crippen LogP contribution in [0.25, 0.3) is 11.3 Å². The Kier molecular flexibility index (Phi) is 2.26. The number of hydrogen-bond acceptors (Lipinski definition) is 1. The summed E-state index contributed by atoms with van der Waals surface area (Å²) in [6.07, 6.45) is 3.67. The van der Waals surface area contributed by atoms with Gasteiger partial charge in [0.25, 0.3) is 0 Å². The molecular weight excluding hydrogens is 208 g/mol. The number of hydrogen-bond donors (Lipinski definition) is 1. The lowest BCUT2D eigenvalue weighted by Crippen LogP contribution is -1.84. The van der Waals surface area contributed by atoms with Crippen molar-refractivity contribution in [2.24, 2.45) is 0 Å². The van der Waals surface area contributed by atoms with E-state index in [4.69, 9.17) is 5.26 Å². The Balaban J connectivity index is 2.07. The van der Waals surface area contributed by atoms with Crippen molar-refractivity contribution in [2.75, 3.05) is 0 Å². The Hall–Kier alpha value is -2.01. The summed E-state index contributed by atoms with van der Waals surface area (Å²) in [5.74, 6) is 0. The topological polar surface area (TPSA) is 39.6 Å². The largest absolute Gasteiger partial charge is 0.358 e. The van der Waals surface area contributed by atoms with Gasteiger partial charge in [0.2, 0.25) is 0 Å². The van der Waals surface area contributed by atoms with Gasteiger partial charge >= 0.3 is 0 Å². The maximum Gasteiger partial charge on any atom is 0.101 e. The van der Waals surface area contributed by atoms with Gasteiger partial charge in [0, 0.05) is 11.4 Å². The molecule has 2 heteroatoms. The number of nitrogens with one attached hydrogen (secondary N) is 1. The third-order valence-corrected chi connectivity index (χ3v) is 3.54. The highest BCUT2D eigenvalue weighted by Gasteiger charge is 2.12. The average Bonchev–Trinajstić information content (AvgIpc) is 2.93. The van der Waals surface area contributed by atoms with Gasteiger partial charge in [0.05, 0.1) is 5.56 Å². The normalized spacial score (nSPS) is 13.4. The molecule has 0 saturated carbocycles. The molecule has 0 atom stereocenters. The summed E-state index contributed by atoms with van der Waals surface area (Å²) in [6, 6.07) is 10.8. The standard InChI is InChI=1S/C15H14N2/c1-10-14(9-16)8-15(17-10)13-6-5-11-3-2-4-12(11)7-13/h5-8,17H,2-4H2,1H3. The molecule has 2 nitrogen and oxygen atoms in total. The van der Waals surface area contributed by atoms with E-state index in [1.54, 1.807) is 0 Å². The number of aromatic nitrogens is 1. The Labute approximate surface area is 101 Å². The zero-order valence-corrected chi connectivity index (χ0v) is 9.88. The lowest BCUT2D eigenvalue weighted by Gasteiger charge is -2.02. The molecule has 1 aromatic heterocycles. The average molecular weight is 222 g/mol. The second-order valence-electron chi connectivity index (χ2n) is 4.67. The minimum absolute atomic E-state index is 0.737. The third-order valence-electron chi connectivity index (χ3n) is 3.54. The maximum absolute atomic E-state index is 8.96. The number of aromatic amines is 1. The van der Waals surface area contributed by atoms with Crippen LogP contribution in [0.4, 0.5) is 0 Å². The van der Waals surface area contributed by atoms with Crippen LogP contribution < -0.4 is 0 Å². The van der Waals surface area contributed by atoms with Gasteiger partial charge in [-0.3, -0.25) is 0 Å². The summed E-state index contributed by atoms with van der Waals surface area (Å²) in [6.45, 7) is 1.94. The van der Waals surface area contributed by atoms with E-state index in [-0.39, 0.29) is 0 Å². The molecule has 0 saturated heterocycles. The van der Waals surface area contributed by atoms with Crippen LogP contribution in [0.5, 0.6) is 0 Å². The summed E-state index contributed by atoms with van der Waals surface area (Å²) in [7, 11) is 0. The molecule has 2 aromatic rings. The number of aryl methyl sites for hydroxylation is 3. The molecule has 0 bridgehead atoms. The van der Waals surface area contributed by atoms with Crippen molar-refractivity contribution in [3.05, 3.63) is 46.6 Å². The van der Waals surface area contributed by atoms with Crippen LogP contribution in [0.3, 0.4) is 0 Å². The molecule has 0 spiro atoms. The van der Waals surface area contributed by atoms with Gasteiger partial charge in [-0.2, -0.15) is 5.26 Å². The monoisotopic (exact) mass is 222 g/mol. The molecule has 17 heavy (non-hydrogen) atoms. The van der Waals surface area contributed by atoms with E-state index in [1.165, 1.54) is 36.0 Å². The predicted octanol–water partition coefficient (Wildman–Crippen LogP) is 3.35. The third kappa shape index (κ3) is 1.64. The van der Waals surface area contributed by atoms with E-state index in [9.17, 15) is 0 Å². The van der Waals surface area contributed by atoms with Crippen molar-refractivity contribution >= 4 is 0 Å². The molecule has 0 unspecified atom stereocenters. The highest BCUT2D eigenvalue weighted by molar-refractivity contribution is 5.64. The van der Waals surface area contributed by atoms with Gasteiger partial charge in [-0.1, -0.05) is 12.1 Å². The van der Waals surface area contributed by atoms with Gasteiger partial charge in [-0.25, -0.2) is 0 Å². The summed E-state index contributed by atoms with van der Waals surface area (Å²) in [5.41, 5.74) is 6.87.